The predicted octanol–water partition coefficient (Wildman–Crippen LogP) is 4.14. The summed E-state index contributed by atoms with van der Waals surface area (Å²) < 4.78 is 5.45. The maximum Gasteiger partial charge on any atom is 0.321 e. The Morgan fingerprint density at radius 1 is 1.03 bits per heavy atom. The molecule has 1 saturated heterocycles. The Hall–Kier alpha value is -3.75. The summed E-state index contributed by atoms with van der Waals surface area (Å²) in [6.45, 7) is 4.87. The first kappa shape index (κ1) is 21.5. The number of carbonyl (C=O) groups is 2. The molecule has 32 heavy (non-hydrogen) atoms. The number of benzene rings is 1. The molecule has 3 heterocycles. The van der Waals surface area contributed by atoms with E-state index in [-0.39, 0.29) is 23.8 Å². The van der Waals surface area contributed by atoms with E-state index < -0.39 is 0 Å². The fraction of sp³-hybridized carbons (Fsp3) is 0.348. The Morgan fingerprint density at radius 2 is 1.72 bits per heavy atom. The van der Waals surface area contributed by atoms with Crippen LogP contribution >= 0.6 is 0 Å². The number of aromatic nitrogens is 3. The third-order valence-corrected chi connectivity index (χ3v) is 5.40. The van der Waals surface area contributed by atoms with Crippen LogP contribution in [0.1, 0.15) is 38.5 Å². The van der Waals surface area contributed by atoms with Crippen molar-refractivity contribution in [2.24, 2.45) is 5.92 Å². The molecular weight excluding hydrogens is 408 g/mol. The number of carbonyl (C=O) groups excluding carboxylic acids is 2. The van der Waals surface area contributed by atoms with E-state index in [1.165, 1.54) is 0 Å². The summed E-state index contributed by atoms with van der Waals surface area (Å²) in [5, 5.41) is 9.78. The fourth-order valence-corrected chi connectivity index (χ4v) is 3.46. The summed E-state index contributed by atoms with van der Waals surface area (Å²) in [4.78, 5) is 34.9. The molecule has 166 valence electrons. The highest BCUT2D eigenvalue weighted by Crippen LogP contribution is 2.28. The van der Waals surface area contributed by atoms with Gasteiger partial charge in [-0.3, -0.25) is 9.78 Å². The first-order valence-corrected chi connectivity index (χ1v) is 10.7. The van der Waals surface area contributed by atoms with E-state index in [1.54, 1.807) is 35.4 Å². The number of nitrogens with one attached hydrogen (secondary N) is 2. The van der Waals surface area contributed by atoms with Gasteiger partial charge in [0.25, 0.3) is 0 Å². The normalized spacial score (nSPS) is 14.4. The van der Waals surface area contributed by atoms with Crippen LogP contribution in [0.25, 0.3) is 11.5 Å². The fourth-order valence-electron chi connectivity index (χ4n) is 3.46. The minimum absolute atomic E-state index is 0.0435. The van der Waals surface area contributed by atoms with Crippen molar-refractivity contribution in [1.29, 1.82) is 0 Å². The van der Waals surface area contributed by atoms with Crippen LogP contribution in [0.5, 0.6) is 0 Å². The van der Waals surface area contributed by atoms with Crippen molar-refractivity contribution in [3.8, 4) is 11.5 Å². The molecule has 0 atom stereocenters. The van der Waals surface area contributed by atoms with Crippen LogP contribution in [0.2, 0.25) is 0 Å². The zero-order valence-electron chi connectivity index (χ0n) is 18.1. The highest BCUT2D eigenvalue weighted by molar-refractivity contribution is 5.93. The lowest BCUT2D eigenvalue weighted by Crippen LogP contribution is -2.40. The quantitative estimate of drug-likeness (QED) is 0.624. The van der Waals surface area contributed by atoms with E-state index in [2.05, 4.69) is 25.8 Å². The number of amides is 3. The summed E-state index contributed by atoms with van der Waals surface area (Å²) >= 11 is 0. The molecule has 1 fully saturated rings. The third-order valence-electron chi connectivity index (χ3n) is 5.40. The number of piperidine rings is 1. The molecular formula is C23H26N6O3. The smallest absolute Gasteiger partial charge is 0.321 e. The molecule has 0 unspecified atom stereocenters. The molecule has 3 amide bonds. The lowest BCUT2D eigenvalue weighted by Gasteiger charge is -2.30. The zero-order chi connectivity index (χ0) is 22.5. The lowest BCUT2D eigenvalue weighted by atomic mass is 9.97. The molecule has 0 radical (unpaired) electrons. The summed E-state index contributed by atoms with van der Waals surface area (Å²) in [7, 11) is 0. The average Bonchev–Trinajstić information content (AvgIpc) is 3.31. The average molecular weight is 435 g/mol. The molecule has 0 aliphatic carbocycles. The number of urea groups is 1. The van der Waals surface area contributed by atoms with Crippen LogP contribution in [0.15, 0.2) is 53.2 Å². The molecule has 0 bridgehead atoms. The SMILES string of the molecule is CC(C)C(=O)Nc1ccc(NC(=O)N2CCC(c3nc(-c4ccccn4)no3)CC2)cc1. The molecule has 9 heteroatoms. The minimum atomic E-state index is -0.151. The highest BCUT2D eigenvalue weighted by Gasteiger charge is 2.28. The standard InChI is InChI=1S/C23H26N6O3/c1-15(2)21(30)25-17-6-8-18(9-7-17)26-23(31)29-13-10-16(11-14-29)22-27-20(28-32-22)19-5-3-4-12-24-19/h3-9,12,15-16H,10-11,13-14H2,1-2H3,(H,25,30)(H,26,31). The maximum atomic E-state index is 12.6. The van der Waals surface area contributed by atoms with Gasteiger partial charge in [-0.15, -0.1) is 0 Å². The van der Waals surface area contributed by atoms with Gasteiger partial charge in [-0.05, 0) is 49.2 Å². The van der Waals surface area contributed by atoms with Crippen LogP contribution in [-0.4, -0.2) is 45.1 Å². The van der Waals surface area contributed by atoms with Gasteiger partial charge in [0.15, 0.2) is 0 Å². The molecule has 9 nitrogen and oxygen atoms in total. The van der Waals surface area contributed by atoms with Gasteiger partial charge in [-0.25, -0.2) is 4.79 Å². The first-order chi connectivity index (χ1) is 15.5. The van der Waals surface area contributed by atoms with E-state index in [1.807, 2.05) is 32.0 Å². The Bertz CT molecular complexity index is 1060. The van der Waals surface area contributed by atoms with Crippen LogP contribution in [0.3, 0.4) is 0 Å². The summed E-state index contributed by atoms with van der Waals surface area (Å²) in [6, 6.07) is 12.5. The van der Waals surface area contributed by atoms with Crippen LogP contribution in [-0.2, 0) is 4.79 Å². The van der Waals surface area contributed by atoms with Crippen LogP contribution < -0.4 is 10.6 Å². The van der Waals surface area contributed by atoms with Crippen LogP contribution in [0.4, 0.5) is 16.2 Å². The second-order valence-corrected chi connectivity index (χ2v) is 8.08. The highest BCUT2D eigenvalue weighted by atomic mass is 16.5. The van der Waals surface area contributed by atoms with Crippen molar-refractivity contribution in [1.82, 2.24) is 20.0 Å². The molecule has 4 rings (SSSR count). The van der Waals surface area contributed by atoms with Gasteiger partial charge < -0.3 is 20.1 Å². The largest absolute Gasteiger partial charge is 0.339 e. The van der Waals surface area contributed by atoms with Crippen molar-refractivity contribution in [3.63, 3.8) is 0 Å². The van der Waals surface area contributed by atoms with E-state index in [9.17, 15) is 9.59 Å². The predicted molar refractivity (Wildman–Crippen MR) is 120 cm³/mol. The lowest BCUT2D eigenvalue weighted by molar-refractivity contribution is -0.118. The Labute approximate surface area is 186 Å². The number of pyridine rings is 1. The van der Waals surface area contributed by atoms with Gasteiger partial charge in [-0.1, -0.05) is 25.1 Å². The number of likely N-dealkylation sites (tertiary alicyclic amines) is 1. The van der Waals surface area contributed by atoms with Gasteiger partial charge in [0, 0.05) is 42.5 Å². The first-order valence-electron chi connectivity index (χ1n) is 10.7. The number of hydrogen-bond donors (Lipinski definition) is 2. The molecule has 0 spiro atoms. The maximum absolute atomic E-state index is 12.6. The Morgan fingerprint density at radius 3 is 2.34 bits per heavy atom. The summed E-state index contributed by atoms with van der Waals surface area (Å²) in [5.74, 6) is 1.05. The Balaban J connectivity index is 1.28. The minimum Gasteiger partial charge on any atom is -0.339 e. The summed E-state index contributed by atoms with van der Waals surface area (Å²) in [6.07, 6.45) is 3.19. The number of anilines is 2. The summed E-state index contributed by atoms with van der Waals surface area (Å²) in [5.41, 5.74) is 2.05. The molecule has 1 aliphatic rings. The van der Waals surface area contributed by atoms with Crippen molar-refractivity contribution in [2.75, 3.05) is 23.7 Å². The second kappa shape index (κ2) is 9.59. The topological polar surface area (TPSA) is 113 Å². The molecule has 2 N–H and O–H groups in total. The van der Waals surface area contributed by atoms with Crippen molar-refractivity contribution in [3.05, 3.63) is 54.6 Å². The van der Waals surface area contributed by atoms with Gasteiger partial charge in [0.05, 0.1) is 0 Å². The molecule has 0 saturated carbocycles. The Kier molecular flexibility index (Phi) is 6.44. The number of rotatable bonds is 5. The van der Waals surface area contributed by atoms with Gasteiger partial charge in [-0.2, -0.15) is 4.98 Å². The van der Waals surface area contributed by atoms with Gasteiger partial charge in [0.1, 0.15) is 5.69 Å². The van der Waals surface area contributed by atoms with Gasteiger partial charge >= 0.3 is 6.03 Å². The van der Waals surface area contributed by atoms with E-state index in [0.29, 0.717) is 41.9 Å². The molecule has 3 aromatic rings. The van der Waals surface area contributed by atoms with E-state index in [0.717, 1.165) is 12.8 Å². The van der Waals surface area contributed by atoms with Crippen molar-refractivity contribution < 1.29 is 14.1 Å². The van der Waals surface area contributed by atoms with E-state index >= 15 is 0 Å². The van der Waals surface area contributed by atoms with Crippen molar-refractivity contribution >= 4 is 23.3 Å². The second-order valence-electron chi connectivity index (χ2n) is 8.08. The number of hydrogen-bond acceptors (Lipinski definition) is 6. The van der Waals surface area contributed by atoms with Crippen molar-refractivity contribution in [2.45, 2.75) is 32.6 Å². The van der Waals surface area contributed by atoms with Gasteiger partial charge in [0.2, 0.25) is 17.6 Å². The van der Waals surface area contributed by atoms with E-state index in [4.69, 9.17) is 4.52 Å². The zero-order valence-corrected chi connectivity index (χ0v) is 18.1. The van der Waals surface area contributed by atoms with Crippen LogP contribution in [0, 0.1) is 5.92 Å². The molecule has 1 aliphatic heterocycles. The monoisotopic (exact) mass is 434 g/mol. The number of nitrogens with zero attached hydrogens (tertiary/aromatic N) is 4. The molecule has 2 aromatic heterocycles. The third kappa shape index (κ3) is 5.11. The molecule has 1 aromatic carbocycles.